The van der Waals surface area contributed by atoms with Crippen LogP contribution >= 0.6 is 0 Å². The van der Waals surface area contributed by atoms with Crippen LogP contribution in [-0.2, 0) is 4.79 Å². The largest absolute Gasteiger partial charge is 0.480 e. The van der Waals surface area contributed by atoms with Gasteiger partial charge in [0.25, 0.3) is 11.6 Å². The van der Waals surface area contributed by atoms with Gasteiger partial charge in [0.05, 0.1) is 4.92 Å². The lowest BCUT2D eigenvalue weighted by molar-refractivity contribution is -0.385. The van der Waals surface area contributed by atoms with Crippen LogP contribution in [0, 0.1) is 17.0 Å². The first-order valence-corrected chi connectivity index (χ1v) is 5.66. The Morgan fingerprint density at radius 1 is 1.47 bits per heavy atom. The zero-order chi connectivity index (χ0) is 14.6. The van der Waals surface area contributed by atoms with Crippen molar-refractivity contribution in [3.63, 3.8) is 0 Å². The molecule has 0 spiro atoms. The van der Waals surface area contributed by atoms with E-state index in [2.05, 4.69) is 5.32 Å². The fraction of sp³-hybridized carbons (Fsp3) is 0.333. The van der Waals surface area contributed by atoms with E-state index >= 15 is 0 Å². The van der Waals surface area contributed by atoms with Crippen molar-refractivity contribution in [2.45, 2.75) is 26.3 Å². The summed E-state index contributed by atoms with van der Waals surface area (Å²) < 4.78 is 0. The monoisotopic (exact) mass is 266 g/mol. The molecule has 0 heterocycles. The molecule has 0 saturated heterocycles. The van der Waals surface area contributed by atoms with Crippen molar-refractivity contribution >= 4 is 17.6 Å². The van der Waals surface area contributed by atoms with E-state index in [4.69, 9.17) is 5.11 Å². The molecule has 0 aliphatic carbocycles. The van der Waals surface area contributed by atoms with E-state index in [-0.39, 0.29) is 17.7 Å². The Morgan fingerprint density at radius 2 is 2.11 bits per heavy atom. The molecule has 19 heavy (non-hydrogen) atoms. The van der Waals surface area contributed by atoms with Gasteiger partial charge in [-0.1, -0.05) is 19.1 Å². The molecule has 0 aliphatic rings. The number of nitrogens with one attached hydrogen (secondary N) is 1. The van der Waals surface area contributed by atoms with Gasteiger partial charge in [-0.3, -0.25) is 14.9 Å². The number of nitrogens with zero attached hydrogens (tertiary/aromatic N) is 1. The van der Waals surface area contributed by atoms with Gasteiger partial charge in [0.1, 0.15) is 11.6 Å². The minimum atomic E-state index is -1.17. The van der Waals surface area contributed by atoms with E-state index in [0.717, 1.165) is 0 Å². The molecule has 1 amide bonds. The molecular formula is C12H14N2O5. The zero-order valence-electron chi connectivity index (χ0n) is 10.5. The van der Waals surface area contributed by atoms with Crippen molar-refractivity contribution in [3.05, 3.63) is 39.4 Å². The lowest BCUT2D eigenvalue weighted by Gasteiger charge is -2.13. The van der Waals surface area contributed by atoms with Crippen molar-refractivity contribution in [2.24, 2.45) is 0 Å². The van der Waals surface area contributed by atoms with E-state index in [1.165, 1.54) is 12.1 Å². The third kappa shape index (κ3) is 3.27. The fourth-order valence-electron chi connectivity index (χ4n) is 1.67. The molecule has 2 N–H and O–H groups in total. The SMILES string of the molecule is CCC(NC(=O)c1c(C)cccc1[N+](=O)[O-])C(=O)O. The number of carbonyl (C=O) groups is 2. The molecular weight excluding hydrogens is 252 g/mol. The number of hydrogen-bond donors (Lipinski definition) is 2. The Kier molecular flexibility index (Phi) is 4.57. The molecule has 0 saturated carbocycles. The lowest BCUT2D eigenvalue weighted by atomic mass is 10.1. The fourth-order valence-corrected chi connectivity index (χ4v) is 1.67. The average Bonchev–Trinajstić information content (AvgIpc) is 2.34. The predicted octanol–water partition coefficient (Wildman–Crippen LogP) is 1.50. The van der Waals surface area contributed by atoms with Crippen molar-refractivity contribution in [2.75, 3.05) is 0 Å². The Bertz CT molecular complexity index is 527. The minimum Gasteiger partial charge on any atom is -0.480 e. The maximum atomic E-state index is 12.0. The highest BCUT2D eigenvalue weighted by atomic mass is 16.6. The number of aryl methyl sites for hydroxylation is 1. The molecule has 7 heteroatoms. The van der Waals surface area contributed by atoms with Crippen LogP contribution in [0.25, 0.3) is 0 Å². The van der Waals surface area contributed by atoms with Gasteiger partial charge < -0.3 is 10.4 Å². The van der Waals surface area contributed by atoms with Crippen molar-refractivity contribution in [3.8, 4) is 0 Å². The maximum absolute atomic E-state index is 12.0. The Hall–Kier alpha value is -2.44. The highest BCUT2D eigenvalue weighted by Gasteiger charge is 2.25. The molecule has 1 aromatic carbocycles. The molecule has 0 radical (unpaired) electrons. The van der Waals surface area contributed by atoms with Gasteiger partial charge in [0, 0.05) is 6.07 Å². The molecule has 0 aromatic heterocycles. The standard InChI is InChI=1S/C12H14N2O5/c1-3-8(12(16)17)13-11(15)10-7(2)5-4-6-9(10)14(18)19/h4-6,8H,3H2,1-2H3,(H,13,15)(H,16,17). The molecule has 0 fully saturated rings. The van der Waals surface area contributed by atoms with Crippen LogP contribution in [0.15, 0.2) is 18.2 Å². The number of hydrogen-bond acceptors (Lipinski definition) is 4. The molecule has 1 aromatic rings. The highest BCUT2D eigenvalue weighted by Crippen LogP contribution is 2.21. The van der Waals surface area contributed by atoms with E-state index < -0.39 is 22.8 Å². The number of carboxylic acid groups (broad SMARTS) is 1. The normalized spacial score (nSPS) is 11.7. The molecule has 0 aliphatic heterocycles. The Morgan fingerprint density at radius 3 is 2.58 bits per heavy atom. The summed E-state index contributed by atoms with van der Waals surface area (Å²) in [5.41, 5.74) is -0.0168. The van der Waals surface area contributed by atoms with Crippen molar-refractivity contribution in [1.82, 2.24) is 5.32 Å². The molecule has 1 atom stereocenters. The summed E-state index contributed by atoms with van der Waals surface area (Å²) in [5.74, 6) is -1.92. The van der Waals surface area contributed by atoms with E-state index in [9.17, 15) is 19.7 Å². The summed E-state index contributed by atoms with van der Waals surface area (Å²) in [4.78, 5) is 33.1. The average molecular weight is 266 g/mol. The number of carboxylic acids is 1. The third-order valence-electron chi connectivity index (χ3n) is 2.69. The van der Waals surface area contributed by atoms with E-state index in [1.54, 1.807) is 19.9 Å². The second-order valence-electron chi connectivity index (χ2n) is 4.00. The van der Waals surface area contributed by atoms with Gasteiger partial charge in [-0.15, -0.1) is 0 Å². The molecule has 1 unspecified atom stereocenters. The van der Waals surface area contributed by atoms with Gasteiger partial charge in [0.15, 0.2) is 0 Å². The van der Waals surface area contributed by atoms with Crippen LogP contribution in [0.5, 0.6) is 0 Å². The molecule has 1 rings (SSSR count). The number of nitro benzene ring substituents is 1. The number of rotatable bonds is 5. The lowest BCUT2D eigenvalue weighted by Crippen LogP contribution is -2.40. The first-order valence-electron chi connectivity index (χ1n) is 5.66. The Balaban J connectivity index is 3.12. The van der Waals surface area contributed by atoms with E-state index in [0.29, 0.717) is 5.56 Å². The van der Waals surface area contributed by atoms with Crippen LogP contribution in [0.3, 0.4) is 0 Å². The van der Waals surface area contributed by atoms with E-state index in [1.807, 2.05) is 0 Å². The summed E-state index contributed by atoms with van der Waals surface area (Å²) >= 11 is 0. The van der Waals surface area contributed by atoms with Gasteiger partial charge >= 0.3 is 5.97 Å². The first-order chi connectivity index (χ1) is 8.88. The first kappa shape index (κ1) is 14.6. The summed E-state index contributed by atoms with van der Waals surface area (Å²) in [6, 6.07) is 3.18. The number of amides is 1. The van der Waals surface area contributed by atoms with Crippen LogP contribution in [0.4, 0.5) is 5.69 Å². The number of nitro groups is 1. The van der Waals surface area contributed by atoms with Crippen molar-refractivity contribution < 1.29 is 19.6 Å². The Labute approximate surface area is 109 Å². The summed E-state index contributed by atoms with van der Waals surface area (Å²) in [7, 11) is 0. The zero-order valence-corrected chi connectivity index (χ0v) is 10.5. The van der Waals surface area contributed by atoms with Gasteiger partial charge in [-0.05, 0) is 18.9 Å². The van der Waals surface area contributed by atoms with Gasteiger partial charge in [-0.25, -0.2) is 4.79 Å². The molecule has 7 nitrogen and oxygen atoms in total. The minimum absolute atomic E-state index is 0.104. The second-order valence-corrected chi connectivity index (χ2v) is 4.00. The number of aliphatic carboxylic acids is 1. The molecule has 102 valence electrons. The topological polar surface area (TPSA) is 110 Å². The quantitative estimate of drug-likeness (QED) is 0.619. The maximum Gasteiger partial charge on any atom is 0.326 e. The highest BCUT2D eigenvalue weighted by molar-refractivity contribution is 6.01. The predicted molar refractivity (Wildman–Crippen MR) is 67.0 cm³/mol. The number of carbonyl (C=O) groups excluding carboxylic acids is 1. The van der Waals surface area contributed by atoms with Crippen LogP contribution in [0.2, 0.25) is 0 Å². The van der Waals surface area contributed by atoms with Crippen molar-refractivity contribution in [1.29, 1.82) is 0 Å². The van der Waals surface area contributed by atoms with Crippen LogP contribution in [0.1, 0.15) is 29.3 Å². The summed E-state index contributed by atoms with van der Waals surface area (Å²) in [5, 5.41) is 22.0. The van der Waals surface area contributed by atoms with Gasteiger partial charge in [-0.2, -0.15) is 0 Å². The smallest absolute Gasteiger partial charge is 0.326 e. The summed E-state index contributed by atoms with van der Waals surface area (Å²) in [6.45, 7) is 3.16. The third-order valence-corrected chi connectivity index (χ3v) is 2.69. The summed E-state index contributed by atoms with van der Waals surface area (Å²) in [6.07, 6.45) is 0.195. The number of benzene rings is 1. The van der Waals surface area contributed by atoms with Crippen LogP contribution in [-0.4, -0.2) is 27.9 Å². The van der Waals surface area contributed by atoms with Crippen LogP contribution < -0.4 is 5.32 Å². The molecule has 0 bridgehead atoms. The van der Waals surface area contributed by atoms with Gasteiger partial charge in [0.2, 0.25) is 0 Å². The second kappa shape index (κ2) is 5.94.